The first kappa shape index (κ1) is 17.3. The fourth-order valence-electron chi connectivity index (χ4n) is 2.39. The van der Waals surface area contributed by atoms with Crippen LogP contribution in [0.25, 0.3) is 6.08 Å². The van der Waals surface area contributed by atoms with Crippen molar-refractivity contribution in [3.8, 4) is 0 Å². The first-order valence-electron chi connectivity index (χ1n) is 7.69. The summed E-state index contributed by atoms with van der Waals surface area (Å²) >= 11 is 6.14. The van der Waals surface area contributed by atoms with Crippen LogP contribution in [0.1, 0.15) is 30.2 Å². The maximum Gasteiger partial charge on any atom is 0.244 e. The summed E-state index contributed by atoms with van der Waals surface area (Å²) in [5.41, 5.74) is 2.86. The summed E-state index contributed by atoms with van der Waals surface area (Å²) in [4.78, 5) is 12.0. The molecule has 1 aromatic carbocycles. The minimum absolute atomic E-state index is 0.109. The SMILES string of the molecule is Cc1nn(C)c(Cl)c1/C=C/C(=O)NC(C)CCc1ccccc1. The molecule has 23 heavy (non-hydrogen) atoms. The van der Waals surface area contributed by atoms with Crippen LogP contribution in [-0.4, -0.2) is 21.7 Å². The van der Waals surface area contributed by atoms with Gasteiger partial charge >= 0.3 is 0 Å². The number of benzene rings is 1. The van der Waals surface area contributed by atoms with Gasteiger partial charge in [0, 0.05) is 24.7 Å². The van der Waals surface area contributed by atoms with E-state index in [1.165, 1.54) is 11.6 Å². The van der Waals surface area contributed by atoms with Crippen molar-refractivity contribution in [2.45, 2.75) is 32.7 Å². The fraction of sp³-hybridized carbons (Fsp3) is 0.333. The predicted octanol–water partition coefficient (Wildman–Crippen LogP) is 3.53. The van der Waals surface area contributed by atoms with Gasteiger partial charge in [-0.3, -0.25) is 9.48 Å². The lowest BCUT2D eigenvalue weighted by molar-refractivity contribution is -0.117. The van der Waals surface area contributed by atoms with Crippen molar-refractivity contribution < 1.29 is 4.79 Å². The Morgan fingerprint density at radius 1 is 1.39 bits per heavy atom. The van der Waals surface area contributed by atoms with Gasteiger partial charge in [0.05, 0.1) is 5.69 Å². The van der Waals surface area contributed by atoms with Gasteiger partial charge in [0.1, 0.15) is 5.15 Å². The number of aryl methyl sites for hydroxylation is 3. The van der Waals surface area contributed by atoms with E-state index in [1.807, 2.05) is 32.0 Å². The molecule has 0 bridgehead atoms. The van der Waals surface area contributed by atoms with Crippen molar-refractivity contribution in [1.29, 1.82) is 0 Å². The number of carbonyl (C=O) groups is 1. The first-order valence-corrected chi connectivity index (χ1v) is 8.06. The molecule has 0 saturated heterocycles. The van der Waals surface area contributed by atoms with Crippen LogP contribution in [0.15, 0.2) is 36.4 Å². The third kappa shape index (κ3) is 4.96. The van der Waals surface area contributed by atoms with Crippen LogP contribution in [-0.2, 0) is 18.3 Å². The Kier molecular flexibility index (Phi) is 5.99. The molecule has 2 rings (SSSR count). The Morgan fingerprint density at radius 3 is 2.70 bits per heavy atom. The Bertz CT molecular complexity index is 692. The summed E-state index contributed by atoms with van der Waals surface area (Å²) < 4.78 is 1.59. The van der Waals surface area contributed by atoms with E-state index in [0.717, 1.165) is 24.1 Å². The summed E-state index contributed by atoms with van der Waals surface area (Å²) in [5.74, 6) is -0.120. The molecule has 122 valence electrons. The number of aromatic nitrogens is 2. The summed E-state index contributed by atoms with van der Waals surface area (Å²) in [6.07, 6.45) is 5.06. The number of amides is 1. The highest BCUT2D eigenvalue weighted by Gasteiger charge is 2.09. The average molecular weight is 332 g/mol. The summed E-state index contributed by atoms with van der Waals surface area (Å²) in [5, 5.41) is 7.72. The van der Waals surface area contributed by atoms with Crippen LogP contribution in [0.5, 0.6) is 0 Å². The zero-order valence-electron chi connectivity index (χ0n) is 13.7. The molecule has 1 unspecified atom stereocenters. The van der Waals surface area contributed by atoms with Gasteiger partial charge in [0.2, 0.25) is 5.91 Å². The van der Waals surface area contributed by atoms with Gasteiger partial charge in [-0.05, 0) is 38.3 Å². The van der Waals surface area contributed by atoms with Crippen LogP contribution in [0, 0.1) is 6.92 Å². The van der Waals surface area contributed by atoms with Crippen molar-refractivity contribution in [1.82, 2.24) is 15.1 Å². The van der Waals surface area contributed by atoms with E-state index in [9.17, 15) is 4.79 Å². The summed E-state index contributed by atoms with van der Waals surface area (Å²) in [6, 6.07) is 10.4. The number of hydrogen-bond donors (Lipinski definition) is 1. The first-order chi connectivity index (χ1) is 11.0. The van der Waals surface area contributed by atoms with E-state index in [-0.39, 0.29) is 11.9 Å². The second-order valence-electron chi connectivity index (χ2n) is 5.68. The molecule has 0 aliphatic heterocycles. The van der Waals surface area contributed by atoms with E-state index in [1.54, 1.807) is 17.8 Å². The van der Waals surface area contributed by atoms with Crippen LogP contribution < -0.4 is 5.32 Å². The molecule has 1 amide bonds. The lowest BCUT2D eigenvalue weighted by Gasteiger charge is -2.12. The Labute approximate surface area is 142 Å². The maximum absolute atomic E-state index is 12.0. The zero-order valence-corrected chi connectivity index (χ0v) is 14.5. The molecule has 0 radical (unpaired) electrons. The monoisotopic (exact) mass is 331 g/mol. The van der Waals surface area contributed by atoms with Crippen LogP contribution >= 0.6 is 11.6 Å². The number of halogens is 1. The Balaban J connectivity index is 1.85. The van der Waals surface area contributed by atoms with Gasteiger partial charge in [-0.15, -0.1) is 0 Å². The number of hydrogen-bond acceptors (Lipinski definition) is 2. The molecule has 0 aliphatic carbocycles. The molecule has 1 atom stereocenters. The Hall–Kier alpha value is -2.07. The minimum Gasteiger partial charge on any atom is -0.350 e. The van der Waals surface area contributed by atoms with Gasteiger partial charge in [-0.1, -0.05) is 41.9 Å². The van der Waals surface area contributed by atoms with Crippen molar-refractivity contribution >= 4 is 23.6 Å². The molecule has 1 heterocycles. The largest absolute Gasteiger partial charge is 0.350 e. The average Bonchev–Trinajstić information content (AvgIpc) is 2.77. The van der Waals surface area contributed by atoms with Crippen molar-refractivity contribution in [3.05, 3.63) is 58.4 Å². The highest BCUT2D eigenvalue weighted by Crippen LogP contribution is 2.19. The quantitative estimate of drug-likeness (QED) is 0.823. The molecule has 1 N–H and O–H groups in total. The van der Waals surface area contributed by atoms with Gasteiger partial charge in [0.15, 0.2) is 0 Å². The van der Waals surface area contributed by atoms with Crippen LogP contribution in [0.4, 0.5) is 0 Å². The summed E-state index contributed by atoms with van der Waals surface area (Å²) in [7, 11) is 1.78. The Morgan fingerprint density at radius 2 is 2.09 bits per heavy atom. The molecular formula is C18H22ClN3O. The third-order valence-corrected chi connectivity index (χ3v) is 4.14. The normalized spacial score (nSPS) is 12.5. The fourth-order valence-corrected chi connectivity index (χ4v) is 2.62. The van der Waals surface area contributed by atoms with Crippen molar-refractivity contribution in [2.24, 2.45) is 7.05 Å². The number of nitrogens with one attached hydrogen (secondary N) is 1. The van der Waals surface area contributed by atoms with Crippen LogP contribution in [0.2, 0.25) is 5.15 Å². The third-order valence-electron chi connectivity index (χ3n) is 3.70. The second kappa shape index (κ2) is 7.97. The maximum atomic E-state index is 12.0. The van der Waals surface area contributed by atoms with Gasteiger partial charge in [-0.2, -0.15) is 5.10 Å². The van der Waals surface area contributed by atoms with E-state index in [4.69, 9.17) is 11.6 Å². The van der Waals surface area contributed by atoms with E-state index in [0.29, 0.717) is 5.15 Å². The number of carbonyl (C=O) groups excluding carboxylic acids is 1. The highest BCUT2D eigenvalue weighted by atomic mass is 35.5. The van der Waals surface area contributed by atoms with Crippen molar-refractivity contribution in [2.75, 3.05) is 0 Å². The topological polar surface area (TPSA) is 46.9 Å². The lowest BCUT2D eigenvalue weighted by atomic mass is 10.1. The zero-order chi connectivity index (χ0) is 16.8. The molecule has 1 aromatic heterocycles. The molecule has 5 heteroatoms. The number of nitrogens with zero attached hydrogens (tertiary/aromatic N) is 2. The molecule has 0 spiro atoms. The van der Waals surface area contributed by atoms with Gasteiger partial charge in [0.25, 0.3) is 0 Å². The van der Waals surface area contributed by atoms with E-state index in [2.05, 4.69) is 22.5 Å². The lowest BCUT2D eigenvalue weighted by Crippen LogP contribution is -2.31. The van der Waals surface area contributed by atoms with Crippen molar-refractivity contribution in [3.63, 3.8) is 0 Å². The molecule has 0 aliphatic rings. The highest BCUT2D eigenvalue weighted by molar-refractivity contribution is 6.31. The standard InChI is InChI=1S/C18H22ClN3O/c1-13(9-10-15-7-5-4-6-8-15)20-17(23)12-11-16-14(2)21-22(3)18(16)19/h4-8,11-13H,9-10H2,1-3H3,(H,20,23)/b12-11+. The molecule has 2 aromatic rings. The van der Waals surface area contributed by atoms with Gasteiger partial charge in [-0.25, -0.2) is 0 Å². The van der Waals surface area contributed by atoms with Gasteiger partial charge < -0.3 is 5.32 Å². The van der Waals surface area contributed by atoms with E-state index >= 15 is 0 Å². The smallest absolute Gasteiger partial charge is 0.244 e. The molecule has 0 fully saturated rings. The predicted molar refractivity (Wildman–Crippen MR) is 94.4 cm³/mol. The van der Waals surface area contributed by atoms with E-state index < -0.39 is 0 Å². The molecule has 4 nitrogen and oxygen atoms in total. The minimum atomic E-state index is -0.120. The number of rotatable bonds is 6. The second-order valence-corrected chi connectivity index (χ2v) is 6.04. The molecule has 0 saturated carbocycles. The molecular weight excluding hydrogens is 310 g/mol. The summed E-state index contributed by atoms with van der Waals surface area (Å²) in [6.45, 7) is 3.88. The van der Waals surface area contributed by atoms with Crippen LogP contribution in [0.3, 0.4) is 0 Å².